The van der Waals surface area contributed by atoms with E-state index in [0.717, 1.165) is 23.4 Å². The summed E-state index contributed by atoms with van der Waals surface area (Å²) in [4.78, 5) is 37.4. The average Bonchev–Trinajstić information content (AvgIpc) is 3.24. The minimum atomic E-state index is -0.444. The third-order valence-corrected chi connectivity index (χ3v) is 5.34. The van der Waals surface area contributed by atoms with Gasteiger partial charge in [0.25, 0.3) is 17.7 Å². The molecule has 0 saturated carbocycles. The number of carbonyl (C=O) groups is 3. The number of benzene rings is 1. The van der Waals surface area contributed by atoms with Crippen LogP contribution in [0.2, 0.25) is 0 Å². The third kappa shape index (κ3) is 2.17. The Labute approximate surface area is 140 Å². The summed E-state index contributed by atoms with van der Waals surface area (Å²) in [7, 11) is 0. The van der Waals surface area contributed by atoms with Gasteiger partial charge in [-0.2, -0.15) is 5.01 Å². The molecule has 4 rings (SSSR count). The van der Waals surface area contributed by atoms with Gasteiger partial charge in [-0.3, -0.25) is 19.8 Å². The van der Waals surface area contributed by atoms with E-state index in [4.69, 9.17) is 4.74 Å². The van der Waals surface area contributed by atoms with Gasteiger partial charge in [0.1, 0.15) is 0 Å². The van der Waals surface area contributed by atoms with Gasteiger partial charge in [-0.1, -0.05) is 26.0 Å². The minimum absolute atomic E-state index is 0.177. The number of rotatable bonds is 3. The van der Waals surface area contributed by atoms with Crippen LogP contribution in [-0.2, 0) is 14.3 Å². The van der Waals surface area contributed by atoms with Gasteiger partial charge in [0.2, 0.25) is 0 Å². The molecule has 0 aliphatic carbocycles. The molecule has 3 heterocycles. The molecule has 0 radical (unpaired) electrons. The normalized spacial score (nSPS) is 31.0. The Bertz CT molecular complexity index is 684. The molecule has 4 atom stereocenters. The van der Waals surface area contributed by atoms with Crippen LogP contribution in [0.15, 0.2) is 24.3 Å². The summed E-state index contributed by atoms with van der Waals surface area (Å²) in [5, 5.41) is 0.905. The molecule has 2 bridgehead atoms. The number of hydrazine groups is 1. The van der Waals surface area contributed by atoms with E-state index in [1.54, 1.807) is 12.1 Å². The Morgan fingerprint density at radius 3 is 2.12 bits per heavy atom. The van der Waals surface area contributed by atoms with Crippen molar-refractivity contribution in [3.63, 3.8) is 0 Å². The zero-order valence-electron chi connectivity index (χ0n) is 13.7. The van der Waals surface area contributed by atoms with Crippen LogP contribution in [0.4, 0.5) is 0 Å². The summed E-state index contributed by atoms with van der Waals surface area (Å²) in [5.41, 5.74) is 4.04. The van der Waals surface area contributed by atoms with Crippen LogP contribution in [0.3, 0.4) is 0 Å². The van der Waals surface area contributed by atoms with Crippen molar-refractivity contribution < 1.29 is 19.1 Å². The van der Waals surface area contributed by atoms with Crippen LogP contribution >= 0.6 is 0 Å². The maximum Gasteiger partial charge on any atom is 0.270 e. The number of nitrogens with one attached hydrogen (secondary N) is 1. The Morgan fingerprint density at radius 1 is 1.08 bits per heavy atom. The lowest BCUT2D eigenvalue weighted by molar-refractivity contribution is -0.145. The zero-order valence-corrected chi connectivity index (χ0v) is 13.7. The van der Waals surface area contributed by atoms with E-state index in [1.165, 1.54) is 0 Å². The molecular weight excluding hydrogens is 308 g/mol. The second kappa shape index (κ2) is 5.41. The number of hydrogen-bond donors (Lipinski definition) is 1. The van der Waals surface area contributed by atoms with Crippen LogP contribution in [0.25, 0.3) is 0 Å². The van der Waals surface area contributed by atoms with Crippen molar-refractivity contribution in [2.75, 3.05) is 0 Å². The van der Waals surface area contributed by atoms with Gasteiger partial charge in [0.15, 0.2) is 0 Å². The van der Waals surface area contributed by atoms with Gasteiger partial charge in [-0.05, 0) is 36.5 Å². The Balaban J connectivity index is 1.50. The molecule has 126 valence electrons. The van der Waals surface area contributed by atoms with Crippen molar-refractivity contribution in [2.24, 2.45) is 11.8 Å². The number of amides is 3. The smallest absolute Gasteiger partial charge is 0.270 e. The van der Waals surface area contributed by atoms with Gasteiger partial charge in [-0.25, -0.2) is 0 Å². The second-order valence-electron chi connectivity index (χ2n) is 7.07. The fourth-order valence-electron chi connectivity index (χ4n) is 4.01. The number of nitrogens with zero attached hydrogens (tertiary/aromatic N) is 1. The highest BCUT2D eigenvalue weighted by molar-refractivity contribution is 6.08. The van der Waals surface area contributed by atoms with Crippen LogP contribution < -0.4 is 5.43 Å². The van der Waals surface area contributed by atoms with Crippen molar-refractivity contribution in [1.82, 2.24) is 10.4 Å². The van der Waals surface area contributed by atoms with E-state index in [2.05, 4.69) is 19.3 Å². The molecule has 3 aliphatic heterocycles. The summed E-state index contributed by atoms with van der Waals surface area (Å²) >= 11 is 0. The number of hydrogen-bond acceptors (Lipinski definition) is 4. The van der Waals surface area contributed by atoms with E-state index in [1.807, 2.05) is 12.1 Å². The SMILES string of the molecule is CC(C)c1ccc(C(=O)NN2C(=O)[C@@H]3[C@H](C2=O)[C@H]2CC[C@@H]3O2)cc1. The van der Waals surface area contributed by atoms with Gasteiger partial charge >= 0.3 is 0 Å². The van der Waals surface area contributed by atoms with E-state index >= 15 is 0 Å². The molecule has 3 fully saturated rings. The topological polar surface area (TPSA) is 75.7 Å². The highest BCUT2D eigenvalue weighted by Crippen LogP contribution is 2.48. The Kier molecular flexibility index (Phi) is 3.46. The maximum atomic E-state index is 12.5. The number of ether oxygens (including phenoxy) is 1. The number of fused-ring (bicyclic) bond motifs is 5. The summed E-state index contributed by atoms with van der Waals surface area (Å²) in [6.45, 7) is 4.15. The highest BCUT2D eigenvalue weighted by Gasteiger charge is 2.62. The van der Waals surface area contributed by atoms with Crippen molar-refractivity contribution in [2.45, 2.75) is 44.8 Å². The van der Waals surface area contributed by atoms with Crippen LogP contribution in [-0.4, -0.2) is 34.9 Å². The first-order valence-corrected chi connectivity index (χ1v) is 8.41. The summed E-state index contributed by atoms with van der Waals surface area (Å²) in [6, 6.07) is 7.19. The van der Waals surface area contributed by atoms with Crippen LogP contribution in [0.5, 0.6) is 0 Å². The quantitative estimate of drug-likeness (QED) is 0.856. The molecule has 0 aromatic heterocycles. The Hall–Kier alpha value is -2.21. The van der Waals surface area contributed by atoms with Crippen LogP contribution in [0, 0.1) is 11.8 Å². The molecule has 1 aromatic carbocycles. The first-order chi connectivity index (χ1) is 11.5. The Morgan fingerprint density at radius 2 is 1.62 bits per heavy atom. The molecule has 3 amide bonds. The lowest BCUT2D eigenvalue weighted by atomic mass is 9.81. The molecule has 1 aromatic rings. The molecule has 6 nitrogen and oxygen atoms in total. The first-order valence-electron chi connectivity index (χ1n) is 8.41. The molecule has 3 saturated heterocycles. The predicted molar refractivity (Wildman–Crippen MR) is 84.7 cm³/mol. The van der Waals surface area contributed by atoms with Gasteiger partial charge in [0.05, 0.1) is 24.0 Å². The largest absolute Gasteiger partial charge is 0.373 e. The van der Waals surface area contributed by atoms with Crippen molar-refractivity contribution in [3.05, 3.63) is 35.4 Å². The zero-order chi connectivity index (χ0) is 17.0. The minimum Gasteiger partial charge on any atom is -0.373 e. The van der Waals surface area contributed by atoms with Gasteiger partial charge in [0, 0.05) is 5.56 Å². The first kappa shape index (κ1) is 15.3. The highest BCUT2D eigenvalue weighted by atomic mass is 16.5. The van der Waals surface area contributed by atoms with Gasteiger partial charge < -0.3 is 4.74 Å². The van der Waals surface area contributed by atoms with Gasteiger partial charge in [-0.15, -0.1) is 0 Å². The van der Waals surface area contributed by atoms with E-state index < -0.39 is 17.7 Å². The predicted octanol–water partition coefficient (Wildman–Crippen LogP) is 1.62. The number of carbonyl (C=O) groups excluding carboxylic acids is 3. The average molecular weight is 328 g/mol. The second-order valence-corrected chi connectivity index (χ2v) is 7.07. The fourth-order valence-corrected chi connectivity index (χ4v) is 4.01. The van der Waals surface area contributed by atoms with Crippen LogP contribution in [0.1, 0.15) is 48.5 Å². The number of imide groups is 1. The lowest BCUT2D eigenvalue weighted by Crippen LogP contribution is -2.47. The molecule has 1 N–H and O–H groups in total. The standard InChI is InChI=1S/C18H20N2O4/c1-9(2)10-3-5-11(6-4-10)16(21)19-20-17(22)14-12-7-8-13(24-12)15(14)18(20)23/h3-6,9,12-15H,7-8H2,1-2H3,(H,19,21)/t12-,13+,14-,15+. The molecular formula is C18H20N2O4. The molecule has 3 aliphatic rings. The summed E-state index contributed by atoms with van der Waals surface area (Å²) in [6.07, 6.45) is 1.26. The summed E-state index contributed by atoms with van der Waals surface area (Å²) in [5.74, 6) is -1.62. The van der Waals surface area contributed by atoms with Crippen molar-refractivity contribution in [3.8, 4) is 0 Å². The van der Waals surface area contributed by atoms with E-state index in [9.17, 15) is 14.4 Å². The lowest BCUT2D eigenvalue weighted by Gasteiger charge is -2.18. The molecule has 0 spiro atoms. The van der Waals surface area contributed by atoms with E-state index in [0.29, 0.717) is 11.5 Å². The van der Waals surface area contributed by atoms with Crippen molar-refractivity contribution >= 4 is 17.7 Å². The molecule has 6 heteroatoms. The maximum absolute atomic E-state index is 12.5. The summed E-state index contributed by atoms with van der Waals surface area (Å²) < 4.78 is 5.67. The third-order valence-electron chi connectivity index (χ3n) is 5.34. The van der Waals surface area contributed by atoms with Crippen molar-refractivity contribution in [1.29, 1.82) is 0 Å². The molecule has 24 heavy (non-hydrogen) atoms. The van der Waals surface area contributed by atoms with E-state index in [-0.39, 0.29) is 24.0 Å². The monoisotopic (exact) mass is 328 g/mol. The fraction of sp³-hybridized carbons (Fsp3) is 0.500. The molecule has 0 unspecified atom stereocenters.